The second kappa shape index (κ2) is 6.57. The average Bonchev–Trinajstić information content (AvgIpc) is 3.05. The largest absolute Gasteiger partial charge is 0.385 e. The smallest absolute Gasteiger partial charge is 0.332 e. The van der Waals surface area contributed by atoms with E-state index in [9.17, 15) is 14.7 Å². The molecule has 2 heterocycles. The number of rotatable bonds is 5. The number of fused-ring (bicyclic) bond motifs is 1. The highest BCUT2D eigenvalue weighted by molar-refractivity contribution is 5.69. The van der Waals surface area contributed by atoms with E-state index in [-0.39, 0.29) is 12.1 Å². The van der Waals surface area contributed by atoms with E-state index in [1.54, 1.807) is 18.7 Å². The molecule has 0 bridgehead atoms. The Bertz CT molecular complexity index is 1050. The third kappa shape index (κ3) is 2.78. The fraction of sp³-hybridized carbons (Fsp3) is 0.421. The number of aryl methyl sites for hydroxylation is 2. The maximum absolute atomic E-state index is 12.8. The van der Waals surface area contributed by atoms with Crippen LogP contribution in [0.25, 0.3) is 11.2 Å². The van der Waals surface area contributed by atoms with Gasteiger partial charge in [-0.25, -0.2) is 9.78 Å². The molecule has 7 nitrogen and oxygen atoms in total. The third-order valence-electron chi connectivity index (χ3n) is 5.20. The Morgan fingerprint density at radius 3 is 2.27 bits per heavy atom. The van der Waals surface area contributed by atoms with Gasteiger partial charge in [-0.1, -0.05) is 38.1 Å². The molecule has 0 radical (unpaired) electrons. The number of imidazole rings is 1. The highest BCUT2D eigenvalue weighted by atomic mass is 16.3. The molecule has 0 aliphatic heterocycles. The van der Waals surface area contributed by atoms with E-state index < -0.39 is 11.3 Å². The van der Waals surface area contributed by atoms with E-state index in [2.05, 4.69) is 4.98 Å². The Morgan fingerprint density at radius 1 is 1.08 bits per heavy atom. The van der Waals surface area contributed by atoms with E-state index in [0.29, 0.717) is 24.0 Å². The van der Waals surface area contributed by atoms with Crippen LogP contribution in [0, 0.1) is 0 Å². The monoisotopic (exact) mass is 356 g/mol. The summed E-state index contributed by atoms with van der Waals surface area (Å²) in [6, 6.07) is 7.43. The number of hydrogen-bond acceptors (Lipinski definition) is 4. The van der Waals surface area contributed by atoms with Crippen LogP contribution < -0.4 is 11.2 Å². The topological polar surface area (TPSA) is 82.1 Å². The maximum atomic E-state index is 12.8. The van der Waals surface area contributed by atoms with Gasteiger partial charge >= 0.3 is 5.69 Å². The first-order chi connectivity index (χ1) is 12.3. The predicted molar refractivity (Wildman–Crippen MR) is 100 cm³/mol. The standard InChI is InChI=1S/C19H24N4O3/c1-5-19(26,6-2)14-9-7-13(8-10-14)11-23-17(24)15-16(20-12-21(15)3)22(4)18(23)25/h7-10,12,26H,5-6,11H2,1-4H3. The molecule has 3 rings (SSSR count). The zero-order valence-electron chi connectivity index (χ0n) is 15.6. The molecule has 26 heavy (non-hydrogen) atoms. The van der Waals surface area contributed by atoms with Crippen LogP contribution in [-0.4, -0.2) is 23.8 Å². The van der Waals surface area contributed by atoms with Crippen molar-refractivity contribution in [2.45, 2.75) is 38.8 Å². The summed E-state index contributed by atoms with van der Waals surface area (Å²) in [6.07, 6.45) is 2.78. The van der Waals surface area contributed by atoms with Gasteiger partial charge in [0.25, 0.3) is 5.56 Å². The fourth-order valence-electron chi connectivity index (χ4n) is 3.30. The van der Waals surface area contributed by atoms with E-state index in [1.807, 2.05) is 38.1 Å². The van der Waals surface area contributed by atoms with Crippen molar-refractivity contribution < 1.29 is 5.11 Å². The summed E-state index contributed by atoms with van der Waals surface area (Å²) < 4.78 is 4.22. The zero-order chi connectivity index (χ0) is 19.1. The first-order valence-electron chi connectivity index (χ1n) is 8.75. The van der Waals surface area contributed by atoms with Crippen LogP contribution in [0.15, 0.2) is 40.2 Å². The summed E-state index contributed by atoms with van der Waals surface area (Å²) in [5.74, 6) is 0. The van der Waals surface area contributed by atoms with Crippen molar-refractivity contribution >= 4 is 11.2 Å². The Kier molecular flexibility index (Phi) is 4.58. The number of benzene rings is 1. The van der Waals surface area contributed by atoms with Crippen LogP contribution in [0.5, 0.6) is 0 Å². The summed E-state index contributed by atoms with van der Waals surface area (Å²) in [5.41, 5.74) is 0.839. The molecule has 0 aliphatic rings. The zero-order valence-corrected chi connectivity index (χ0v) is 15.6. The lowest BCUT2D eigenvalue weighted by molar-refractivity contribution is 0.0284. The minimum absolute atomic E-state index is 0.170. The van der Waals surface area contributed by atoms with Crippen LogP contribution in [-0.2, 0) is 26.2 Å². The van der Waals surface area contributed by atoms with Crippen molar-refractivity contribution in [1.82, 2.24) is 18.7 Å². The van der Waals surface area contributed by atoms with Gasteiger partial charge < -0.3 is 9.67 Å². The molecule has 0 aliphatic carbocycles. The number of aliphatic hydroxyl groups is 1. The quantitative estimate of drug-likeness (QED) is 0.751. The minimum Gasteiger partial charge on any atom is -0.385 e. The summed E-state index contributed by atoms with van der Waals surface area (Å²) >= 11 is 0. The lowest BCUT2D eigenvalue weighted by Crippen LogP contribution is -2.39. The van der Waals surface area contributed by atoms with E-state index >= 15 is 0 Å². The van der Waals surface area contributed by atoms with Crippen molar-refractivity contribution in [3.05, 3.63) is 62.6 Å². The van der Waals surface area contributed by atoms with Crippen molar-refractivity contribution in [3.63, 3.8) is 0 Å². The average molecular weight is 356 g/mol. The molecule has 0 amide bonds. The molecular weight excluding hydrogens is 332 g/mol. The fourth-order valence-corrected chi connectivity index (χ4v) is 3.30. The van der Waals surface area contributed by atoms with Gasteiger partial charge in [0.2, 0.25) is 0 Å². The SMILES string of the molecule is CCC(O)(CC)c1ccc(Cn2c(=O)c3c(ncn3C)n(C)c2=O)cc1. The highest BCUT2D eigenvalue weighted by Gasteiger charge is 2.24. The van der Waals surface area contributed by atoms with Crippen molar-refractivity contribution in [1.29, 1.82) is 0 Å². The molecule has 0 unspecified atom stereocenters. The van der Waals surface area contributed by atoms with Gasteiger partial charge in [-0.3, -0.25) is 13.9 Å². The molecular formula is C19H24N4O3. The molecule has 0 spiro atoms. The van der Waals surface area contributed by atoms with Crippen LogP contribution >= 0.6 is 0 Å². The predicted octanol–water partition coefficient (Wildman–Crippen LogP) is 1.49. The van der Waals surface area contributed by atoms with E-state index in [4.69, 9.17) is 0 Å². The Balaban J connectivity index is 2.04. The Hall–Kier alpha value is -2.67. The molecule has 0 atom stereocenters. The summed E-state index contributed by atoms with van der Waals surface area (Å²) in [7, 11) is 3.34. The van der Waals surface area contributed by atoms with Crippen LogP contribution in [0.3, 0.4) is 0 Å². The first kappa shape index (κ1) is 18.1. The van der Waals surface area contributed by atoms with Gasteiger partial charge in [-0.15, -0.1) is 0 Å². The second-order valence-electron chi connectivity index (χ2n) is 6.70. The van der Waals surface area contributed by atoms with Crippen molar-refractivity contribution in [3.8, 4) is 0 Å². The molecule has 1 aromatic carbocycles. The molecule has 0 saturated carbocycles. The van der Waals surface area contributed by atoms with Crippen molar-refractivity contribution in [2.75, 3.05) is 0 Å². The number of nitrogens with zero attached hydrogens (tertiary/aromatic N) is 4. The van der Waals surface area contributed by atoms with Gasteiger partial charge in [-0.2, -0.15) is 0 Å². The van der Waals surface area contributed by atoms with Gasteiger partial charge in [0.1, 0.15) is 0 Å². The molecule has 1 N–H and O–H groups in total. The van der Waals surface area contributed by atoms with E-state index in [1.165, 1.54) is 15.5 Å². The van der Waals surface area contributed by atoms with Crippen LogP contribution in [0.4, 0.5) is 0 Å². The minimum atomic E-state index is -0.848. The number of hydrogen-bond donors (Lipinski definition) is 1. The molecule has 0 fully saturated rings. The molecule has 7 heteroatoms. The third-order valence-corrected chi connectivity index (χ3v) is 5.20. The Labute approximate surface area is 151 Å². The molecule has 3 aromatic rings. The molecule has 2 aromatic heterocycles. The second-order valence-corrected chi connectivity index (χ2v) is 6.70. The maximum Gasteiger partial charge on any atom is 0.332 e. The summed E-state index contributed by atoms with van der Waals surface area (Å²) in [6.45, 7) is 4.07. The van der Waals surface area contributed by atoms with Crippen LogP contribution in [0.2, 0.25) is 0 Å². The normalized spacial score (nSPS) is 12.0. The highest BCUT2D eigenvalue weighted by Crippen LogP contribution is 2.28. The van der Waals surface area contributed by atoms with Gasteiger partial charge in [-0.05, 0) is 24.0 Å². The van der Waals surface area contributed by atoms with Gasteiger partial charge in [0.15, 0.2) is 11.2 Å². The number of aromatic nitrogens is 4. The Morgan fingerprint density at radius 2 is 1.69 bits per heavy atom. The van der Waals surface area contributed by atoms with E-state index in [0.717, 1.165) is 11.1 Å². The summed E-state index contributed by atoms with van der Waals surface area (Å²) in [4.78, 5) is 29.5. The first-order valence-corrected chi connectivity index (χ1v) is 8.75. The summed E-state index contributed by atoms with van der Waals surface area (Å²) in [5, 5.41) is 10.6. The van der Waals surface area contributed by atoms with Crippen LogP contribution in [0.1, 0.15) is 37.8 Å². The lowest BCUT2D eigenvalue weighted by atomic mass is 9.88. The van der Waals surface area contributed by atoms with Gasteiger partial charge in [0.05, 0.1) is 18.5 Å². The molecule has 138 valence electrons. The lowest BCUT2D eigenvalue weighted by Gasteiger charge is -2.26. The van der Waals surface area contributed by atoms with Crippen molar-refractivity contribution in [2.24, 2.45) is 14.1 Å². The van der Waals surface area contributed by atoms with Gasteiger partial charge in [0, 0.05) is 14.1 Å². The molecule has 0 saturated heterocycles.